The second-order valence-corrected chi connectivity index (χ2v) is 7.91. The molecule has 1 saturated carbocycles. The molecule has 154 valence electrons. The van der Waals surface area contributed by atoms with Crippen LogP contribution in [-0.4, -0.2) is 22.5 Å². The van der Waals surface area contributed by atoms with E-state index in [4.69, 9.17) is 0 Å². The molecule has 2 N–H and O–H groups in total. The molecule has 0 radical (unpaired) electrons. The number of para-hydroxylation sites is 1. The van der Waals surface area contributed by atoms with Gasteiger partial charge >= 0.3 is 0 Å². The number of hydrogen-bond acceptors (Lipinski definition) is 4. The monoisotopic (exact) mass is 396 g/mol. The molecule has 29 heavy (non-hydrogen) atoms. The number of anilines is 1. The third-order valence-corrected chi connectivity index (χ3v) is 5.84. The van der Waals surface area contributed by atoms with Crippen LogP contribution in [0, 0.1) is 22.0 Å². The molecule has 0 aromatic heterocycles. The number of aromatic hydroxyl groups is 1. The summed E-state index contributed by atoms with van der Waals surface area (Å²) in [5.74, 6) is -0.723. The number of hydrogen-bond donors (Lipinski definition) is 2. The Morgan fingerprint density at radius 2 is 1.72 bits per heavy atom. The van der Waals surface area contributed by atoms with Gasteiger partial charge in [-0.2, -0.15) is 0 Å². The quantitative estimate of drug-likeness (QED) is 0.486. The Hall–Kier alpha value is -2.89. The van der Waals surface area contributed by atoms with E-state index in [0.29, 0.717) is 23.6 Å². The van der Waals surface area contributed by atoms with Crippen molar-refractivity contribution < 1.29 is 14.8 Å². The van der Waals surface area contributed by atoms with Gasteiger partial charge in [0.05, 0.1) is 11.8 Å². The highest BCUT2D eigenvalue weighted by molar-refractivity contribution is 5.93. The molecule has 0 bridgehead atoms. The molecule has 0 saturated heterocycles. The Labute approximate surface area is 171 Å². The molecule has 1 amide bonds. The van der Waals surface area contributed by atoms with Crippen LogP contribution in [0.1, 0.15) is 50.0 Å². The predicted molar refractivity (Wildman–Crippen MR) is 112 cm³/mol. The van der Waals surface area contributed by atoms with E-state index in [1.165, 1.54) is 18.6 Å². The first-order valence-corrected chi connectivity index (χ1v) is 10.3. The smallest absolute Gasteiger partial charge is 0.228 e. The molecular formula is C23H28N2O4. The van der Waals surface area contributed by atoms with Gasteiger partial charge in [0, 0.05) is 10.6 Å². The highest BCUT2D eigenvalue weighted by Crippen LogP contribution is 2.36. The zero-order chi connectivity index (χ0) is 20.6. The lowest BCUT2D eigenvalue weighted by Crippen LogP contribution is -2.34. The van der Waals surface area contributed by atoms with Crippen molar-refractivity contribution >= 4 is 11.6 Å². The van der Waals surface area contributed by atoms with E-state index in [1.54, 1.807) is 12.1 Å². The Balaban J connectivity index is 1.89. The van der Waals surface area contributed by atoms with Gasteiger partial charge in [0.1, 0.15) is 5.75 Å². The molecule has 6 nitrogen and oxygen atoms in total. The fraction of sp³-hybridized carbons (Fsp3) is 0.435. The van der Waals surface area contributed by atoms with Crippen LogP contribution in [0.4, 0.5) is 5.69 Å². The van der Waals surface area contributed by atoms with Gasteiger partial charge in [-0.25, -0.2) is 0 Å². The van der Waals surface area contributed by atoms with E-state index < -0.39 is 11.8 Å². The summed E-state index contributed by atoms with van der Waals surface area (Å²) < 4.78 is 0. The molecule has 3 rings (SSSR count). The second kappa shape index (κ2) is 10.0. The summed E-state index contributed by atoms with van der Waals surface area (Å²) in [4.78, 5) is 24.4. The highest BCUT2D eigenvalue weighted by Gasteiger charge is 2.35. The molecule has 6 heteroatoms. The second-order valence-electron chi connectivity index (χ2n) is 7.91. The Morgan fingerprint density at radius 1 is 1.07 bits per heavy atom. The van der Waals surface area contributed by atoms with Crippen molar-refractivity contribution in [3.8, 4) is 5.75 Å². The summed E-state index contributed by atoms with van der Waals surface area (Å²) >= 11 is 0. The fourth-order valence-corrected chi connectivity index (χ4v) is 4.34. The molecule has 0 heterocycles. The number of benzene rings is 2. The molecule has 0 spiro atoms. The fourth-order valence-electron chi connectivity index (χ4n) is 4.34. The van der Waals surface area contributed by atoms with Crippen LogP contribution >= 0.6 is 0 Å². The van der Waals surface area contributed by atoms with Gasteiger partial charge in [0.15, 0.2) is 0 Å². The van der Waals surface area contributed by atoms with Crippen LogP contribution in [0.3, 0.4) is 0 Å². The molecule has 1 aliphatic rings. The van der Waals surface area contributed by atoms with Gasteiger partial charge < -0.3 is 10.4 Å². The zero-order valence-electron chi connectivity index (χ0n) is 16.5. The average molecular weight is 396 g/mol. The number of rotatable bonds is 8. The van der Waals surface area contributed by atoms with E-state index in [0.717, 1.165) is 25.7 Å². The summed E-state index contributed by atoms with van der Waals surface area (Å²) in [5.41, 5.74) is 1.40. The average Bonchev–Trinajstić information content (AvgIpc) is 2.72. The van der Waals surface area contributed by atoms with Crippen LogP contribution in [0.5, 0.6) is 5.75 Å². The predicted octanol–water partition coefficient (Wildman–Crippen LogP) is 4.98. The largest absolute Gasteiger partial charge is 0.508 e. The minimum Gasteiger partial charge on any atom is -0.508 e. The van der Waals surface area contributed by atoms with Gasteiger partial charge in [0.2, 0.25) is 12.5 Å². The Bertz CT molecular complexity index is 801. The van der Waals surface area contributed by atoms with E-state index >= 15 is 0 Å². The number of carbonyl (C=O) groups excluding carboxylic acids is 1. The first-order valence-electron chi connectivity index (χ1n) is 10.3. The zero-order valence-corrected chi connectivity index (χ0v) is 16.5. The molecule has 2 unspecified atom stereocenters. The lowest BCUT2D eigenvalue weighted by Gasteiger charge is -2.30. The number of nitrogens with one attached hydrogen (secondary N) is 1. The van der Waals surface area contributed by atoms with Gasteiger partial charge in [0.25, 0.3) is 0 Å². The van der Waals surface area contributed by atoms with E-state index in [1.807, 2.05) is 30.3 Å². The molecule has 2 aromatic carbocycles. The minimum absolute atomic E-state index is 0.103. The van der Waals surface area contributed by atoms with Crippen molar-refractivity contribution in [2.45, 2.75) is 44.4 Å². The van der Waals surface area contributed by atoms with Crippen LogP contribution < -0.4 is 5.32 Å². The van der Waals surface area contributed by atoms with Crippen molar-refractivity contribution in [3.63, 3.8) is 0 Å². The minimum atomic E-state index is -0.545. The van der Waals surface area contributed by atoms with Crippen LogP contribution in [0.15, 0.2) is 54.6 Å². The SMILES string of the molecule is O=C(Nc1ccccc1)C(CC1CCCCC1)C(C[N+](=O)[O-])c1ccc(O)cc1. The maximum absolute atomic E-state index is 13.3. The van der Waals surface area contributed by atoms with Crippen molar-refractivity contribution in [1.29, 1.82) is 0 Å². The van der Waals surface area contributed by atoms with Crippen LogP contribution in [0.2, 0.25) is 0 Å². The number of nitrogens with zero attached hydrogens (tertiary/aromatic N) is 1. The molecule has 1 fully saturated rings. The molecule has 2 atom stereocenters. The number of carbonyl (C=O) groups is 1. The summed E-state index contributed by atoms with van der Waals surface area (Å²) in [7, 11) is 0. The number of phenols is 1. The lowest BCUT2D eigenvalue weighted by molar-refractivity contribution is -0.484. The van der Waals surface area contributed by atoms with Crippen molar-refractivity contribution in [2.75, 3.05) is 11.9 Å². The first kappa shape index (κ1) is 20.8. The van der Waals surface area contributed by atoms with Crippen molar-refractivity contribution in [2.24, 2.45) is 11.8 Å². The Morgan fingerprint density at radius 3 is 2.34 bits per heavy atom. The van der Waals surface area contributed by atoms with Crippen molar-refractivity contribution in [3.05, 3.63) is 70.3 Å². The maximum atomic E-state index is 13.3. The molecule has 2 aromatic rings. The first-order chi connectivity index (χ1) is 14.0. The standard InChI is InChI=1S/C23H28N2O4/c26-20-13-11-18(12-14-20)22(16-25(28)29)21(15-17-7-3-1-4-8-17)23(27)24-19-9-5-2-6-10-19/h2,5-6,9-14,17,21-22,26H,1,3-4,7-8,15-16H2,(H,24,27). The van der Waals surface area contributed by atoms with Gasteiger partial charge in [-0.15, -0.1) is 0 Å². The molecular weight excluding hydrogens is 368 g/mol. The third-order valence-electron chi connectivity index (χ3n) is 5.84. The molecule has 1 aliphatic carbocycles. The van der Waals surface area contributed by atoms with Gasteiger partial charge in [-0.3, -0.25) is 14.9 Å². The van der Waals surface area contributed by atoms with Crippen molar-refractivity contribution in [1.82, 2.24) is 0 Å². The summed E-state index contributed by atoms with van der Waals surface area (Å²) in [6.45, 7) is -0.315. The summed E-state index contributed by atoms with van der Waals surface area (Å²) in [6, 6.07) is 15.6. The lowest BCUT2D eigenvalue weighted by atomic mass is 9.75. The van der Waals surface area contributed by atoms with E-state index in [-0.39, 0.29) is 23.1 Å². The number of amides is 1. The topological polar surface area (TPSA) is 92.5 Å². The van der Waals surface area contributed by atoms with Gasteiger partial charge in [-0.05, 0) is 42.2 Å². The van der Waals surface area contributed by atoms with Crippen LogP contribution in [-0.2, 0) is 4.79 Å². The summed E-state index contributed by atoms with van der Waals surface area (Å²) in [6.07, 6.45) is 6.28. The number of phenolic OH excluding ortho intramolecular Hbond substituents is 1. The summed E-state index contributed by atoms with van der Waals surface area (Å²) in [5, 5.41) is 24.0. The van der Waals surface area contributed by atoms with E-state index in [9.17, 15) is 20.0 Å². The third kappa shape index (κ3) is 6.04. The van der Waals surface area contributed by atoms with Crippen LogP contribution in [0.25, 0.3) is 0 Å². The van der Waals surface area contributed by atoms with E-state index in [2.05, 4.69) is 5.32 Å². The normalized spacial score (nSPS) is 16.7. The van der Waals surface area contributed by atoms with Gasteiger partial charge in [-0.1, -0.05) is 62.4 Å². The Kier molecular flexibility index (Phi) is 7.22. The molecule has 0 aliphatic heterocycles. The number of nitro groups is 1. The maximum Gasteiger partial charge on any atom is 0.228 e. The highest BCUT2D eigenvalue weighted by atomic mass is 16.6.